The molecule has 0 spiro atoms. The van der Waals surface area contributed by atoms with E-state index < -0.39 is 16.4 Å². The van der Waals surface area contributed by atoms with Gasteiger partial charge in [-0.3, -0.25) is 0 Å². The highest BCUT2D eigenvalue weighted by Crippen LogP contribution is 2.31. The van der Waals surface area contributed by atoms with Gasteiger partial charge in [0.25, 0.3) is 0 Å². The van der Waals surface area contributed by atoms with E-state index in [4.69, 9.17) is 0 Å². The molecular weight excluding hydrogens is 240 g/mol. The largest absolute Gasteiger partial charge is 0.432 e. The van der Waals surface area contributed by atoms with Gasteiger partial charge < -0.3 is 4.80 Å². The molecule has 0 heterocycles. The van der Waals surface area contributed by atoms with Gasteiger partial charge in [0.15, 0.2) is 8.32 Å². The molecule has 100 valence electrons. The first kappa shape index (κ1) is 15.2. The molecular formula is C14H30OSi2. The Morgan fingerprint density at radius 3 is 2.00 bits per heavy atom. The molecule has 1 nitrogen and oxygen atoms in total. The highest BCUT2D eigenvalue weighted by atomic mass is 28.4. The summed E-state index contributed by atoms with van der Waals surface area (Å²) in [5.41, 5.74) is 0. The maximum absolute atomic E-state index is 10.2. The molecule has 1 fully saturated rings. The number of hydrogen-bond donors (Lipinski definition) is 1. The lowest BCUT2D eigenvalue weighted by molar-refractivity contribution is 0.418. The Balaban J connectivity index is 2.78. The fourth-order valence-corrected chi connectivity index (χ4v) is 7.83. The summed E-state index contributed by atoms with van der Waals surface area (Å²) in [6.07, 6.45) is 9.55. The van der Waals surface area contributed by atoms with Crippen LogP contribution in [0.5, 0.6) is 0 Å². The van der Waals surface area contributed by atoms with Crippen molar-refractivity contribution >= 4 is 16.4 Å². The van der Waals surface area contributed by atoms with E-state index in [1.165, 1.54) is 32.1 Å². The zero-order valence-corrected chi connectivity index (χ0v) is 14.3. The van der Waals surface area contributed by atoms with Crippen LogP contribution in [0.2, 0.25) is 38.8 Å². The standard InChI is InChI=1S/C14H30OSi2/c1-16(2,3)14(12-17(4,5)15)11-13-9-7-6-8-10-13/h11,13,15H,6-10,12H2,1-5H3/b14-11+. The summed E-state index contributed by atoms with van der Waals surface area (Å²) in [4.78, 5) is 10.2. The van der Waals surface area contributed by atoms with Gasteiger partial charge >= 0.3 is 0 Å². The van der Waals surface area contributed by atoms with Crippen molar-refractivity contribution in [2.24, 2.45) is 5.92 Å². The molecule has 1 aliphatic rings. The van der Waals surface area contributed by atoms with Gasteiger partial charge in [-0.15, -0.1) is 0 Å². The molecule has 0 aromatic carbocycles. The van der Waals surface area contributed by atoms with E-state index in [9.17, 15) is 4.80 Å². The molecule has 0 unspecified atom stereocenters. The summed E-state index contributed by atoms with van der Waals surface area (Å²) in [7, 11) is -3.19. The van der Waals surface area contributed by atoms with E-state index in [1.807, 2.05) is 0 Å². The third-order valence-electron chi connectivity index (χ3n) is 3.67. The van der Waals surface area contributed by atoms with Crippen molar-refractivity contribution in [2.45, 2.75) is 70.9 Å². The van der Waals surface area contributed by atoms with Gasteiger partial charge in [-0.05, 0) is 37.9 Å². The van der Waals surface area contributed by atoms with Crippen LogP contribution in [-0.2, 0) is 0 Å². The molecule has 17 heavy (non-hydrogen) atoms. The predicted molar refractivity (Wildman–Crippen MR) is 82.5 cm³/mol. The molecule has 0 atom stereocenters. The first-order valence-corrected chi connectivity index (χ1v) is 13.8. The lowest BCUT2D eigenvalue weighted by atomic mass is 9.89. The van der Waals surface area contributed by atoms with Crippen molar-refractivity contribution in [3.63, 3.8) is 0 Å². The topological polar surface area (TPSA) is 20.2 Å². The minimum absolute atomic E-state index is 0.807. The van der Waals surface area contributed by atoms with Crippen molar-refractivity contribution in [3.05, 3.63) is 11.3 Å². The second kappa shape index (κ2) is 5.85. The van der Waals surface area contributed by atoms with Gasteiger partial charge in [-0.1, -0.05) is 50.2 Å². The Hall–Kier alpha value is 0.134. The van der Waals surface area contributed by atoms with Crippen molar-refractivity contribution in [2.75, 3.05) is 0 Å². The summed E-state index contributed by atoms with van der Waals surface area (Å²) >= 11 is 0. The second-order valence-corrected chi connectivity index (χ2v) is 16.4. The van der Waals surface area contributed by atoms with Crippen molar-refractivity contribution in [1.29, 1.82) is 0 Å². The monoisotopic (exact) mass is 270 g/mol. The van der Waals surface area contributed by atoms with E-state index in [0.29, 0.717) is 0 Å². The van der Waals surface area contributed by atoms with Crippen LogP contribution < -0.4 is 0 Å². The van der Waals surface area contributed by atoms with Gasteiger partial charge in [0.05, 0.1) is 8.07 Å². The van der Waals surface area contributed by atoms with Crippen LogP contribution in [0.3, 0.4) is 0 Å². The number of rotatable bonds is 4. The van der Waals surface area contributed by atoms with Crippen molar-refractivity contribution in [1.82, 2.24) is 0 Å². The molecule has 0 aromatic heterocycles. The maximum atomic E-state index is 10.2. The van der Waals surface area contributed by atoms with Crippen LogP contribution in [0.15, 0.2) is 11.3 Å². The quantitative estimate of drug-likeness (QED) is 0.742. The molecule has 1 saturated carbocycles. The Kier molecular flexibility index (Phi) is 5.23. The van der Waals surface area contributed by atoms with Crippen LogP contribution >= 0.6 is 0 Å². The van der Waals surface area contributed by atoms with E-state index in [-0.39, 0.29) is 0 Å². The lowest BCUT2D eigenvalue weighted by Crippen LogP contribution is -2.34. The molecule has 0 aromatic rings. The van der Waals surface area contributed by atoms with E-state index in [1.54, 1.807) is 5.20 Å². The summed E-state index contributed by atoms with van der Waals surface area (Å²) in [5.74, 6) is 0.807. The number of allylic oxidation sites excluding steroid dienone is 2. The zero-order chi connectivity index (χ0) is 13.1. The summed E-state index contributed by atoms with van der Waals surface area (Å²) in [6, 6.07) is 0.999. The Bertz CT molecular complexity index is 265. The van der Waals surface area contributed by atoms with Crippen LogP contribution in [0.1, 0.15) is 32.1 Å². The minimum Gasteiger partial charge on any atom is -0.432 e. The highest BCUT2D eigenvalue weighted by molar-refractivity contribution is 6.85. The summed E-state index contributed by atoms with van der Waals surface area (Å²) < 4.78 is 0. The van der Waals surface area contributed by atoms with E-state index in [0.717, 1.165) is 12.0 Å². The second-order valence-electron chi connectivity index (χ2n) is 7.33. The Morgan fingerprint density at radius 1 is 1.06 bits per heavy atom. The van der Waals surface area contributed by atoms with E-state index >= 15 is 0 Å². The summed E-state index contributed by atoms with van der Waals surface area (Å²) in [6.45, 7) is 11.4. The predicted octanol–water partition coefficient (Wildman–Crippen LogP) is 4.57. The third kappa shape index (κ3) is 6.02. The minimum atomic E-state index is -1.95. The van der Waals surface area contributed by atoms with Crippen molar-refractivity contribution < 1.29 is 4.80 Å². The summed E-state index contributed by atoms with van der Waals surface area (Å²) in [5, 5.41) is 1.63. The molecule has 0 radical (unpaired) electrons. The van der Waals surface area contributed by atoms with Crippen LogP contribution in [0.4, 0.5) is 0 Å². The first-order valence-electron chi connectivity index (χ1n) is 7.12. The molecule has 1 aliphatic carbocycles. The molecule has 3 heteroatoms. The molecule has 0 bridgehead atoms. The zero-order valence-electron chi connectivity index (χ0n) is 12.3. The average molecular weight is 271 g/mol. The van der Waals surface area contributed by atoms with Gasteiger partial charge in [-0.2, -0.15) is 0 Å². The Labute approximate surface area is 109 Å². The normalized spacial score (nSPS) is 20.7. The fraction of sp³-hybridized carbons (Fsp3) is 0.857. The van der Waals surface area contributed by atoms with Crippen LogP contribution in [0, 0.1) is 5.92 Å². The fourth-order valence-electron chi connectivity index (χ4n) is 2.63. The first-order chi connectivity index (χ1) is 7.68. The molecule has 0 aliphatic heterocycles. The molecule has 0 amide bonds. The molecule has 1 rings (SSSR count). The molecule has 1 N–H and O–H groups in total. The SMILES string of the molecule is C[Si](C)(O)C/C(=C\C1CCCCC1)[Si](C)(C)C. The van der Waals surface area contributed by atoms with Gasteiger partial charge in [0.2, 0.25) is 0 Å². The van der Waals surface area contributed by atoms with Gasteiger partial charge in [0, 0.05) is 0 Å². The van der Waals surface area contributed by atoms with Crippen LogP contribution in [0.25, 0.3) is 0 Å². The number of hydrogen-bond acceptors (Lipinski definition) is 1. The van der Waals surface area contributed by atoms with Gasteiger partial charge in [-0.25, -0.2) is 0 Å². The third-order valence-corrected chi connectivity index (χ3v) is 7.54. The highest BCUT2D eigenvalue weighted by Gasteiger charge is 2.28. The maximum Gasteiger partial charge on any atom is 0.186 e. The Morgan fingerprint density at radius 2 is 1.59 bits per heavy atom. The van der Waals surface area contributed by atoms with E-state index in [2.05, 4.69) is 38.8 Å². The van der Waals surface area contributed by atoms with Gasteiger partial charge in [0.1, 0.15) is 0 Å². The smallest absolute Gasteiger partial charge is 0.186 e. The van der Waals surface area contributed by atoms with Crippen molar-refractivity contribution in [3.8, 4) is 0 Å². The molecule has 0 saturated heterocycles. The average Bonchev–Trinajstić information content (AvgIpc) is 2.15. The lowest BCUT2D eigenvalue weighted by Gasteiger charge is -2.29. The van der Waals surface area contributed by atoms with Crippen LogP contribution in [-0.4, -0.2) is 21.2 Å².